The van der Waals surface area contributed by atoms with Crippen molar-refractivity contribution in [1.82, 2.24) is 4.90 Å². The van der Waals surface area contributed by atoms with E-state index in [-0.39, 0.29) is 11.8 Å². The quantitative estimate of drug-likeness (QED) is 0.766. The van der Waals surface area contributed by atoms with E-state index in [0.29, 0.717) is 25.6 Å². The van der Waals surface area contributed by atoms with Crippen LogP contribution in [0.5, 0.6) is 11.5 Å². The molecule has 1 amide bonds. The maximum absolute atomic E-state index is 12.5. The Bertz CT molecular complexity index is 527. The van der Waals surface area contributed by atoms with Gasteiger partial charge in [0.05, 0.1) is 0 Å². The summed E-state index contributed by atoms with van der Waals surface area (Å²) in [6.45, 7) is 8.50. The van der Waals surface area contributed by atoms with Crippen LogP contribution >= 0.6 is 0 Å². The molecule has 1 aliphatic heterocycles. The summed E-state index contributed by atoms with van der Waals surface area (Å²) in [4.78, 5) is 14.4. The van der Waals surface area contributed by atoms with Gasteiger partial charge >= 0.3 is 0 Å². The highest BCUT2D eigenvalue weighted by Gasteiger charge is 2.23. The molecule has 0 aromatic heterocycles. The van der Waals surface area contributed by atoms with Crippen molar-refractivity contribution in [1.29, 1.82) is 0 Å². The molecular weight excluding hydrogens is 290 g/mol. The lowest BCUT2D eigenvalue weighted by molar-refractivity contribution is -0.130. The second-order valence-electron chi connectivity index (χ2n) is 6.63. The number of unbranched alkanes of at least 4 members (excludes halogenated alkanes) is 1. The number of carbonyl (C=O) groups is 1. The largest absolute Gasteiger partial charge is 0.486 e. The van der Waals surface area contributed by atoms with Crippen LogP contribution in [0, 0.1) is 5.92 Å². The van der Waals surface area contributed by atoms with Gasteiger partial charge in [-0.15, -0.1) is 0 Å². The van der Waals surface area contributed by atoms with Gasteiger partial charge in [-0.3, -0.25) is 4.79 Å². The number of rotatable bonds is 7. The van der Waals surface area contributed by atoms with Crippen LogP contribution in [-0.2, 0) is 4.79 Å². The SMILES string of the molecule is CCCCN(C)C(=O)CC(c1ccc2c(c1)OCCO2)C(C)C. The Morgan fingerprint density at radius 2 is 1.91 bits per heavy atom. The van der Waals surface area contributed by atoms with E-state index in [4.69, 9.17) is 9.47 Å². The third kappa shape index (κ3) is 4.63. The van der Waals surface area contributed by atoms with Crippen LogP contribution < -0.4 is 9.47 Å². The molecule has 1 aromatic carbocycles. The Balaban J connectivity index is 2.10. The van der Waals surface area contributed by atoms with E-state index in [9.17, 15) is 4.79 Å². The molecule has 2 rings (SSSR count). The first-order valence-electron chi connectivity index (χ1n) is 8.66. The second-order valence-corrected chi connectivity index (χ2v) is 6.63. The number of fused-ring (bicyclic) bond motifs is 1. The van der Waals surface area contributed by atoms with Gasteiger partial charge in [0.25, 0.3) is 0 Å². The van der Waals surface area contributed by atoms with E-state index in [1.807, 2.05) is 24.1 Å². The Morgan fingerprint density at radius 3 is 2.57 bits per heavy atom. The van der Waals surface area contributed by atoms with Crippen molar-refractivity contribution >= 4 is 5.91 Å². The third-order valence-electron chi connectivity index (χ3n) is 4.47. The van der Waals surface area contributed by atoms with Gasteiger partial charge in [-0.25, -0.2) is 0 Å². The predicted octanol–water partition coefficient (Wildman–Crippen LogP) is 3.85. The zero-order valence-corrected chi connectivity index (χ0v) is 14.8. The van der Waals surface area contributed by atoms with Gasteiger partial charge in [-0.05, 0) is 36.0 Å². The normalized spacial score (nSPS) is 14.7. The van der Waals surface area contributed by atoms with Crippen LogP contribution in [0.1, 0.15) is 51.5 Å². The highest BCUT2D eigenvalue weighted by atomic mass is 16.6. The summed E-state index contributed by atoms with van der Waals surface area (Å²) in [5.74, 6) is 2.40. The molecular formula is C19H29NO3. The van der Waals surface area contributed by atoms with Crippen molar-refractivity contribution in [3.63, 3.8) is 0 Å². The van der Waals surface area contributed by atoms with Crippen LogP contribution in [0.3, 0.4) is 0 Å². The summed E-state index contributed by atoms with van der Waals surface area (Å²) in [5.41, 5.74) is 1.15. The number of amides is 1. The monoisotopic (exact) mass is 319 g/mol. The third-order valence-corrected chi connectivity index (χ3v) is 4.47. The maximum atomic E-state index is 12.5. The molecule has 128 valence electrons. The van der Waals surface area contributed by atoms with Gasteiger partial charge in [0.15, 0.2) is 11.5 Å². The molecule has 4 nitrogen and oxygen atoms in total. The summed E-state index contributed by atoms with van der Waals surface area (Å²) in [6.07, 6.45) is 2.70. The van der Waals surface area contributed by atoms with Gasteiger partial charge in [0.2, 0.25) is 5.91 Å². The van der Waals surface area contributed by atoms with Gasteiger partial charge in [-0.2, -0.15) is 0 Å². The van der Waals surface area contributed by atoms with Gasteiger partial charge < -0.3 is 14.4 Å². The van der Waals surface area contributed by atoms with E-state index >= 15 is 0 Å². The summed E-state index contributed by atoms with van der Waals surface area (Å²) in [6, 6.07) is 6.07. The second kappa shape index (κ2) is 8.23. The lowest BCUT2D eigenvalue weighted by Gasteiger charge is -2.26. The van der Waals surface area contributed by atoms with Crippen molar-refractivity contribution in [2.75, 3.05) is 26.8 Å². The highest BCUT2D eigenvalue weighted by Crippen LogP contribution is 2.36. The number of benzene rings is 1. The minimum atomic E-state index is 0.197. The molecule has 1 aromatic rings. The summed E-state index contributed by atoms with van der Waals surface area (Å²) in [7, 11) is 1.90. The van der Waals surface area contributed by atoms with Crippen LogP contribution in [0.25, 0.3) is 0 Å². The number of ether oxygens (including phenoxy) is 2. The molecule has 1 heterocycles. The molecule has 0 spiro atoms. The zero-order chi connectivity index (χ0) is 16.8. The number of nitrogens with zero attached hydrogens (tertiary/aromatic N) is 1. The average molecular weight is 319 g/mol. The summed E-state index contributed by atoms with van der Waals surface area (Å²) >= 11 is 0. The lowest BCUT2D eigenvalue weighted by Crippen LogP contribution is -2.30. The van der Waals surface area contributed by atoms with E-state index in [1.165, 1.54) is 0 Å². The Hall–Kier alpha value is -1.71. The van der Waals surface area contributed by atoms with Crippen molar-refractivity contribution < 1.29 is 14.3 Å². The first-order valence-corrected chi connectivity index (χ1v) is 8.66. The van der Waals surface area contributed by atoms with E-state index < -0.39 is 0 Å². The fourth-order valence-electron chi connectivity index (χ4n) is 2.89. The average Bonchev–Trinajstić information content (AvgIpc) is 2.56. The number of hydrogen-bond donors (Lipinski definition) is 0. The number of hydrogen-bond acceptors (Lipinski definition) is 3. The van der Waals surface area contributed by atoms with Crippen LogP contribution in [0.2, 0.25) is 0 Å². The molecule has 4 heteroatoms. The standard InChI is InChI=1S/C19H29NO3/c1-5-6-9-20(4)19(21)13-16(14(2)3)15-7-8-17-18(12-15)23-11-10-22-17/h7-8,12,14,16H,5-6,9-11,13H2,1-4H3. The van der Waals surface area contributed by atoms with E-state index in [0.717, 1.165) is 36.4 Å². The summed E-state index contributed by atoms with van der Waals surface area (Å²) < 4.78 is 11.3. The van der Waals surface area contributed by atoms with Gasteiger partial charge in [0.1, 0.15) is 13.2 Å². The first kappa shape index (κ1) is 17.6. The molecule has 0 saturated carbocycles. The van der Waals surface area contributed by atoms with Crippen molar-refractivity contribution in [3.05, 3.63) is 23.8 Å². The smallest absolute Gasteiger partial charge is 0.222 e. The van der Waals surface area contributed by atoms with E-state index in [1.54, 1.807) is 0 Å². The van der Waals surface area contributed by atoms with Gasteiger partial charge in [-0.1, -0.05) is 33.3 Å². The first-order chi connectivity index (χ1) is 11.0. The Kier molecular flexibility index (Phi) is 6.31. The molecule has 23 heavy (non-hydrogen) atoms. The van der Waals surface area contributed by atoms with E-state index in [2.05, 4.69) is 26.8 Å². The fraction of sp³-hybridized carbons (Fsp3) is 0.632. The van der Waals surface area contributed by atoms with Crippen molar-refractivity contribution in [2.24, 2.45) is 5.92 Å². The predicted molar refractivity (Wildman–Crippen MR) is 92.2 cm³/mol. The molecule has 0 bridgehead atoms. The molecule has 0 radical (unpaired) electrons. The topological polar surface area (TPSA) is 38.8 Å². The number of carbonyl (C=O) groups excluding carboxylic acids is 1. The van der Waals surface area contributed by atoms with Crippen LogP contribution in [0.15, 0.2) is 18.2 Å². The highest BCUT2D eigenvalue weighted by molar-refractivity contribution is 5.77. The Labute approximate surface area is 139 Å². The van der Waals surface area contributed by atoms with Crippen LogP contribution in [-0.4, -0.2) is 37.6 Å². The minimum absolute atomic E-state index is 0.197. The molecule has 0 aliphatic carbocycles. The molecule has 1 aliphatic rings. The van der Waals surface area contributed by atoms with Crippen molar-refractivity contribution in [3.8, 4) is 11.5 Å². The molecule has 0 fully saturated rings. The molecule has 1 unspecified atom stereocenters. The van der Waals surface area contributed by atoms with Gasteiger partial charge in [0, 0.05) is 20.0 Å². The Morgan fingerprint density at radius 1 is 1.22 bits per heavy atom. The molecule has 0 saturated heterocycles. The minimum Gasteiger partial charge on any atom is -0.486 e. The molecule has 1 atom stereocenters. The zero-order valence-electron chi connectivity index (χ0n) is 14.8. The lowest BCUT2D eigenvalue weighted by atomic mass is 9.85. The fourth-order valence-corrected chi connectivity index (χ4v) is 2.89. The molecule has 0 N–H and O–H groups in total. The maximum Gasteiger partial charge on any atom is 0.222 e. The van der Waals surface area contributed by atoms with Crippen LogP contribution in [0.4, 0.5) is 0 Å². The summed E-state index contributed by atoms with van der Waals surface area (Å²) in [5, 5.41) is 0. The van der Waals surface area contributed by atoms with Crippen molar-refractivity contribution in [2.45, 2.75) is 46.0 Å².